The Morgan fingerprint density at radius 2 is 2.00 bits per heavy atom. The molecule has 5 aromatic rings. The Morgan fingerprint density at radius 1 is 1.20 bits per heavy atom. The molecule has 1 aliphatic heterocycles. The van der Waals surface area contributed by atoms with Crippen LogP contribution in [0.15, 0.2) is 42.9 Å². The Kier molecular flexibility index (Phi) is 7.24. The maximum absolute atomic E-state index is 11.7. The largest absolute Gasteiger partial charge is 0.378 e. The highest BCUT2D eigenvalue weighted by Crippen LogP contribution is 2.36. The molecule has 1 saturated heterocycles. The number of benzene rings is 1. The molecule has 0 unspecified atom stereocenters. The first-order valence-corrected chi connectivity index (χ1v) is 13.9. The van der Waals surface area contributed by atoms with Gasteiger partial charge in [0, 0.05) is 47.9 Å². The van der Waals surface area contributed by atoms with Crippen LogP contribution in [0.5, 0.6) is 0 Å². The zero-order valence-corrected chi connectivity index (χ0v) is 23.0. The predicted octanol–water partition coefficient (Wildman–Crippen LogP) is 3.64. The van der Waals surface area contributed by atoms with Gasteiger partial charge in [-0.15, -0.1) is 11.3 Å². The number of hydroxylamine groups is 1. The Labute approximate surface area is 234 Å². The Balaban J connectivity index is 1.40. The number of H-pyrrole nitrogens is 1. The maximum atomic E-state index is 11.7. The predicted molar refractivity (Wildman–Crippen MR) is 153 cm³/mol. The van der Waals surface area contributed by atoms with Gasteiger partial charge in [-0.05, 0) is 18.1 Å². The van der Waals surface area contributed by atoms with Gasteiger partial charge < -0.3 is 14.5 Å². The van der Waals surface area contributed by atoms with E-state index in [2.05, 4.69) is 49.9 Å². The number of thiophene rings is 1. The summed E-state index contributed by atoms with van der Waals surface area (Å²) in [6.45, 7) is 8.38. The molecule has 13 heteroatoms. The normalized spacial score (nSPS) is 13.8. The number of aromatic amines is 1. The van der Waals surface area contributed by atoms with Crippen molar-refractivity contribution in [1.82, 2.24) is 35.6 Å². The van der Waals surface area contributed by atoms with E-state index in [-0.39, 0.29) is 5.56 Å². The lowest BCUT2D eigenvalue weighted by atomic mass is 10.1. The van der Waals surface area contributed by atoms with Gasteiger partial charge in [-0.2, -0.15) is 5.10 Å². The van der Waals surface area contributed by atoms with E-state index in [0.717, 1.165) is 57.0 Å². The lowest BCUT2D eigenvalue weighted by molar-refractivity contribution is 0.0705. The third-order valence-corrected chi connectivity index (χ3v) is 7.76. The van der Waals surface area contributed by atoms with E-state index in [1.54, 1.807) is 16.8 Å². The molecular formula is C27H29N9O3S. The van der Waals surface area contributed by atoms with Gasteiger partial charge in [-0.3, -0.25) is 15.1 Å². The highest BCUT2D eigenvalue weighted by Gasteiger charge is 2.22. The SMILES string of the molecule is CC(C)CN(Cc1cc2nc(-c3cccc4[nH]ncc34)nc(N3CCOCC3)c2s1)c1ncc(C(=O)NO)cn1. The molecule has 0 aliphatic carbocycles. The number of carbonyl (C=O) groups is 1. The van der Waals surface area contributed by atoms with Crippen LogP contribution in [0.2, 0.25) is 0 Å². The molecule has 3 N–H and O–H groups in total. The summed E-state index contributed by atoms with van der Waals surface area (Å²) in [5, 5.41) is 17.1. The van der Waals surface area contributed by atoms with Gasteiger partial charge in [0.15, 0.2) is 11.6 Å². The zero-order valence-electron chi connectivity index (χ0n) is 22.2. The molecule has 0 spiro atoms. The van der Waals surface area contributed by atoms with Crippen LogP contribution in [-0.4, -0.2) is 74.1 Å². The van der Waals surface area contributed by atoms with E-state index in [9.17, 15) is 4.79 Å². The Bertz CT molecular complexity index is 1640. The van der Waals surface area contributed by atoms with Crippen molar-refractivity contribution in [2.45, 2.75) is 20.4 Å². The molecule has 206 valence electrons. The molecule has 0 radical (unpaired) electrons. The third kappa shape index (κ3) is 5.18. The third-order valence-electron chi connectivity index (χ3n) is 6.66. The van der Waals surface area contributed by atoms with Gasteiger partial charge in [0.05, 0.1) is 47.3 Å². The molecule has 0 atom stereocenters. The topological polar surface area (TPSA) is 145 Å². The van der Waals surface area contributed by atoms with Crippen molar-refractivity contribution in [3.05, 3.63) is 53.3 Å². The number of nitrogens with one attached hydrogen (secondary N) is 2. The molecule has 0 saturated carbocycles. The van der Waals surface area contributed by atoms with Gasteiger partial charge in [0.2, 0.25) is 5.95 Å². The number of hydrogen-bond acceptors (Lipinski definition) is 11. The number of hydrogen-bond donors (Lipinski definition) is 3. The second-order valence-electron chi connectivity index (χ2n) is 10.0. The van der Waals surface area contributed by atoms with Crippen LogP contribution in [0, 0.1) is 5.92 Å². The number of amides is 1. The summed E-state index contributed by atoms with van der Waals surface area (Å²) >= 11 is 1.67. The number of nitrogens with zero attached hydrogens (tertiary/aromatic N) is 7. The van der Waals surface area contributed by atoms with E-state index in [4.69, 9.17) is 19.9 Å². The van der Waals surface area contributed by atoms with E-state index >= 15 is 0 Å². The number of fused-ring (bicyclic) bond motifs is 2. The molecule has 40 heavy (non-hydrogen) atoms. The fourth-order valence-electron chi connectivity index (χ4n) is 4.83. The van der Waals surface area contributed by atoms with Crippen molar-refractivity contribution in [1.29, 1.82) is 0 Å². The lowest BCUT2D eigenvalue weighted by Crippen LogP contribution is -2.36. The van der Waals surface area contributed by atoms with E-state index in [1.807, 2.05) is 24.4 Å². The van der Waals surface area contributed by atoms with Crippen LogP contribution in [0.1, 0.15) is 29.1 Å². The van der Waals surface area contributed by atoms with Crippen LogP contribution < -0.4 is 15.3 Å². The first kappa shape index (κ1) is 26.0. The maximum Gasteiger partial charge on any atom is 0.277 e. The van der Waals surface area contributed by atoms with Crippen LogP contribution in [0.3, 0.4) is 0 Å². The lowest BCUT2D eigenvalue weighted by Gasteiger charge is -2.28. The first-order valence-electron chi connectivity index (χ1n) is 13.1. The second kappa shape index (κ2) is 11.1. The van der Waals surface area contributed by atoms with Crippen molar-refractivity contribution >= 4 is 50.1 Å². The highest BCUT2D eigenvalue weighted by molar-refractivity contribution is 7.19. The number of carbonyl (C=O) groups excluding carboxylic acids is 1. The van der Waals surface area contributed by atoms with Crippen LogP contribution in [-0.2, 0) is 11.3 Å². The Morgan fingerprint density at radius 3 is 2.75 bits per heavy atom. The summed E-state index contributed by atoms with van der Waals surface area (Å²) in [7, 11) is 0. The quantitative estimate of drug-likeness (QED) is 0.190. The number of anilines is 2. The smallest absolute Gasteiger partial charge is 0.277 e. The standard InChI is InChI=1S/C27H29N9O3S/c1-16(2)14-36(27-28-11-17(12-29-27)26(37)34-38)15-18-10-22-23(40-18)25(35-6-8-39-9-7-35)32-24(31-22)19-4-3-5-21-20(19)13-30-33-21/h3-5,10-13,16,38H,6-9,14-15H2,1-2H3,(H,30,33)(H,34,37). The molecule has 4 aromatic heterocycles. The van der Waals surface area contributed by atoms with Gasteiger partial charge in [-0.25, -0.2) is 25.4 Å². The monoisotopic (exact) mass is 559 g/mol. The summed E-state index contributed by atoms with van der Waals surface area (Å²) in [4.78, 5) is 36.1. The molecule has 6 rings (SSSR count). The fraction of sp³-hybridized carbons (Fsp3) is 0.333. The molecule has 0 bridgehead atoms. The molecule has 1 fully saturated rings. The van der Waals surface area contributed by atoms with Crippen molar-refractivity contribution < 1.29 is 14.7 Å². The van der Waals surface area contributed by atoms with Gasteiger partial charge in [0.25, 0.3) is 5.91 Å². The molecule has 1 aliphatic rings. The van der Waals surface area contributed by atoms with E-state index < -0.39 is 5.91 Å². The molecule has 5 heterocycles. The summed E-state index contributed by atoms with van der Waals surface area (Å²) in [6, 6.07) is 8.11. The zero-order chi connectivity index (χ0) is 27.6. The van der Waals surface area contributed by atoms with Crippen LogP contribution >= 0.6 is 11.3 Å². The average molecular weight is 560 g/mol. The summed E-state index contributed by atoms with van der Waals surface area (Å²) in [5.74, 6) is 1.77. The molecule has 1 aromatic carbocycles. The average Bonchev–Trinajstić information content (AvgIpc) is 3.63. The number of rotatable bonds is 8. The van der Waals surface area contributed by atoms with Gasteiger partial charge >= 0.3 is 0 Å². The minimum absolute atomic E-state index is 0.184. The van der Waals surface area contributed by atoms with Gasteiger partial charge in [-0.1, -0.05) is 26.0 Å². The van der Waals surface area contributed by atoms with Gasteiger partial charge in [0.1, 0.15) is 0 Å². The number of morpholine rings is 1. The minimum Gasteiger partial charge on any atom is -0.378 e. The fourth-order valence-corrected chi connectivity index (χ4v) is 5.96. The summed E-state index contributed by atoms with van der Waals surface area (Å²) in [6.07, 6.45) is 4.64. The molecule has 12 nitrogen and oxygen atoms in total. The highest BCUT2D eigenvalue weighted by atomic mass is 32.1. The minimum atomic E-state index is -0.650. The Hall–Kier alpha value is -4.20. The van der Waals surface area contributed by atoms with Crippen molar-refractivity contribution in [3.63, 3.8) is 0 Å². The number of aromatic nitrogens is 6. The van der Waals surface area contributed by atoms with Crippen LogP contribution in [0.4, 0.5) is 11.8 Å². The molecule has 1 amide bonds. The first-order chi connectivity index (χ1) is 19.5. The van der Waals surface area contributed by atoms with Crippen LogP contribution in [0.25, 0.3) is 32.5 Å². The summed E-state index contributed by atoms with van der Waals surface area (Å²) in [5.41, 5.74) is 4.54. The van der Waals surface area contributed by atoms with Crippen molar-refractivity contribution in [3.8, 4) is 11.4 Å². The van der Waals surface area contributed by atoms with Crippen molar-refractivity contribution in [2.75, 3.05) is 42.6 Å². The van der Waals surface area contributed by atoms with E-state index in [0.29, 0.717) is 37.4 Å². The van der Waals surface area contributed by atoms with Crippen molar-refractivity contribution in [2.24, 2.45) is 5.92 Å². The van der Waals surface area contributed by atoms with E-state index in [1.165, 1.54) is 12.4 Å². The number of ether oxygens (including phenoxy) is 1. The second-order valence-corrected chi connectivity index (χ2v) is 11.2. The molecular weight excluding hydrogens is 530 g/mol. The summed E-state index contributed by atoms with van der Waals surface area (Å²) < 4.78 is 6.64.